The summed E-state index contributed by atoms with van der Waals surface area (Å²) in [5.74, 6) is -7.58. The Bertz CT molecular complexity index is 2390. The molecule has 0 aromatic heterocycles. The van der Waals surface area contributed by atoms with Crippen LogP contribution in [0.3, 0.4) is 0 Å². The van der Waals surface area contributed by atoms with Crippen LogP contribution in [0.25, 0.3) is 10.8 Å². The molecule has 14 nitrogen and oxygen atoms in total. The SMILES string of the molecule is CCC1/C=C(\C)C(F)C(C)CC(OC)C2OC(O)(C(=O)C(=O)N3CCCCC3C(=O)OC(C(C)=CC3CCC(Oc4ccc5cc(O[Si](C)(C)C(C)(C)C)ccc5c4)C(OC)C3)C(C)C(O)CC1=O)C(C)CC2OC. The van der Waals surface area contributed by atoms with Crippen LogP contribution in [0.5, 0.6) is 11.5 Å². The number of aliphatic hydroxyl groups is 2. The van der Waals surface area contributed by atoms with Crippen molar-refractivity contribution < 1.29 is 66.6 Å². The number of nitrogens with zero attached hydrogens (tertiary/aromatic N) is 1. The van der Waals surface area contributed by atoms with Crippen LogP contribution >= 0.6 is 0 Å². The Morgan fingerprint density at radius 1 is 0.880 bits per heavy atom. The second-order valence-electron chi connectivity index (χ2n) is 23.7. The number of fused-ring (bicyclic) bond motifs is 4. The van der Waals surface area contributed by atoms with E-state index in [9.17, 15) is 29.4 Å². The van der Waals surface area contributed by atoms with Crippen molar-refractivity contribution in [2.24, 2.45) is 29.6 Å². The summed E-state index contributed by atoms with van der Waals surface area (Å²) < 4.78 is 60.0. The predicted octanol–water partition coefficient (Wildman–Crippen LogP) is 10.0. The van der Waals surface area contributed by atoms with Gasteiger partial charge >= 0.3 is 5.97 Å². The van der Waals surface area contributed by atoms with E-state index in [0.29, 0.717) is 49.7 Å². The molecule has 4 aliphatic rings. The molecular formula is C59H88FNO13Si. The van der Waals surface area contributed by atoms with Crippen LogP contribution in [0.4, 0.5) is 4.39 Å². The summed E-state index contributed by atoms with van der Waals surface area (Å²) in [4.78, 5) is 58.8. The maximum absolute atomic E-state index is 16.4. The van der Waals surface area contributed by atoms with E-state index in [-0.39, 0.29) is 61.2 Å². The second kappa shape index (κ2) is 25.2. The molecule has 15 unspecified atom stereocenters. The fourth-order valence-corrected chi connectivity index (χ4v) is 12.4. The smallest absolute Gasteiger partial charge is 0.329 e. The Hall–Kier alpha value is -4.03. The third kappa shape index (κ3) is 13.8. The van der Waals surface area contributed by atoms with Gasteiger partial charge in [0.25, 0.3) is 11.7 Å². The van der Waals surface area contributed by atoms with Gasteiger partial charge in [0.2, 0.25) is 14.1 Å². The van der Waals surface area contributed by atoms with Crippen LogP contribution < -0.4 is 9.16 Å². The molecule has 3 heterocycles. The van der Waals surface area contributed by atoms with Crippen molar-refractivity contribution in [3.8, 4) is 11.5 Å². The highest BCUT2D eigenvalue weighted by Gasteiger charge is 2.57. The van der Waals surface area contributed by atoms with Crippen LogP contribution in [0.15, 0.2) is 59.7 Å². The molecule has 2 bridgehead atoms. The Morgan fingerprint density at radius 2 is 1.51 bits per heavy atom. The highest BCUT2D eigenvalue weighted by molar-refractivity contribution is 6.74. The van der Waals surface area contributed by atoms with Crippen molar-refractivity contribution in [2.75, 3.05) is 27.9 Å². The molecular weight excluding hydrogens is 978 g/mol. The maximum Gasteiger partial charge on any atom is 0.329 e. The van der Waals surface area contributed by atoms with E-state index < -0.39 is 98.2 Å². The lowest BCUT2D eigenvalue weighted by atomic mass is 9.81. The average molecular weight is 1070 g/mol. The Kier molecular flexibility index (Phi) is 20.2. The molecule has 2 saturated heterocycles. The third-order valence-corrected chi connectivity index (χ3v) is 21.7. The number of hydrogen-bond donors (Lipinski definition) is 2. The zero-order valence-electron chi connectivity index (χ0n) is 47.2. The van der Waals surface area contributed by atoms with E-state index in [1.807, 2.05) is 44.2 Å². The number of halogens is 1. The Morgan fingerprint density at radius 3 is 2.13 bits per heavy atom. The molecule has 2 N–H and O–H groups in total. The molecule has 3 fully saturated rings. The van der Waals surface area contributed by atoms with Crippen LogP contribution in [0, 0.1) is 29.6 Å². The molecule has 2 aromatic carbocycles. The Balaban J connectivity index is 1.27. The summed E-state index contributed by atoms with van der Waals surface area (Å²) in [6, 6.07) is 11.0. The zero-order chi connectivity index (χ0) is 55.3. The van der Waals surface area contributed by atoms with E-state index in [0.717, 1.165) is 27.2 Å². The second-order valence-corrected chi connectivity index (χ2v) is 28.5. The van der Waals surface area contributed by atoms with Crippen molar-refractivity contribution in [3.05, 3.63) is 59.7 Å². The number of ketones is 2. The molecule has 6 rings (SSSR count). The molecule has 16 heteroatoms. The quantitative estimate of drug-likeness (QED) is 0.0996. The van der Waals surface area contributed by atoms with Gasteiger partial charge in [-0.15, -0.1) is 0 Å². The lowest BCUT2D eigenvalue weighted by Crippen LogP contribution is -2.64. The number of rotatable bonds is 10. The average Bonchev–Trinajstić information content (AvgIpc) is 3.37. The lowest BCUT2D eigenvalue weighted by Gasteiger charge is -2.47. The summed E-state index contributed by atoms with van der Waals surface area (Å²) in [5, 5.41) is 26.2. The number of ether oxygens (including phenoxy) is 6. The molecule has 0 spiro atoms. The summed E-state index contributed by atoms with van der Waals surface area (Å²) in [7, 11) is 2.54. The first-order valence-electron chi connectivity index (χ1n) is 27.4. The van der Waals surface area contributed by atoms with Crippen molar-refractivity contribution in [2.45, 2.75) is 205 Å². The van der Waals surface area contributed by atoms with Gasteiger partial charge in [0, 0.05) is 52.0 Å². The zero-order valence-corrected chi connectivity index (χ0v) is 48.2. The van der Waals surface area contributed by atoms with E-state index >= 15 is 4.39 Å². The van der Waals surface area contributed by atoms with Gasteiger partial charge in [0.1, 0.15) is 47.8 Å². The van der Waals surface area contributed by atoms with Gasteiger partial charge in [0.05, 0.1) is 24.4 Å². The standard InChI is InChI=1S/C59H88FNO13Si/c1-15-40-27-34(2)52(60)35(3)28-50(69-11)54-51(70-12)29-37(5)59(67,73-54)55(64)56(65)61-25-17-16-18-45(61)57(66)72-53(38(6)46(62)33-47(40)63)36(4)26-39-19-24-48(49(30-39)68-10)71-43-22-20-42-32-44(23-21-41(42)31-43)74-75(13,14)58(7,8)9/h20-23,26-27,31-32,35,37-40,45-46,48-54,62,67H,15-19,24-25,28-30,33H2,1-14H3/b34-27+,36-26?. The molecule has 1 saturated carbocycles. The lowest BCUT2D eigenvalue weighted by molar-refractivity contribution is -0.302. The predicted molar refractivity (Wildman–Crippen MR) is 289 cm³/mol. The fourth-order valence-electron chi connectivity index (χ4n) is 11.4. The van der Waals surface area contributed by atoms with E-state index in [4.69, 9.17) is 32.8 Å². The molecule has 1 aliphatic carbocycles. The van der Waals surface area contributed by atoms with Gasteiger partial charge in [-0.1, -0.05) is 72.8 Å². The molecule has 0 radical (unpaired) electrons. The summed E-state index contributed by atoms with van der Waals surface area (Å²) in [6.45, 7) is 21.5. The number of allylic oxidation sites excluding steroid dienone is 3. The van der Waals surface area contributed by atoms with Crippen LogP contribution in [-0.4, -0.2) is 135 Å². The summed E-state index contributed by atoms with van der Waals surface area (Å²) >= 11 is 0. The molecule has 75 heavy (non-hydrogen) atoms. The topological polar surface area (TPSA) is 177 Å². The largest absolute Gasteiger partial charge is 0.543 e. The van der Waals surface area contributed by atoms with E-state index in [1.165, 1.54) is 14.2 Å². The maximum atomic E-state index is 16.4. The van der Waals surface area contributed by atoms with E-state index in [1.54, 1.807) is 40.9 Å². The van der Waals surface area contributed by atoms with Crippen LogP contribution in [0.1, 0.15) is 127 Å². The minimum absolute atomic E-state index is 0.0438. The first kappa shape index (κ1) is 60.2. The van der Waals surface area contributed by atoms with Gasteiger partial charge in [-0.3, -0.25) is 14.4 Å². The van der Waals surface area contributed by atoms with Crippen molar-refractivity contribution in [1.29, 1.82) is 0 Å². The number of amides is 1. The van der Waals surface area contributed by atoms with E-state index in [2.05, 4.69) is 46.0 Å². The first-order chi connectivity index (χ1) is 35.3. The molecule has 418 valence electrons. The molecule has 15 atom stereocenters. The minimum Gasteiger partial charge on any atom is -0.543 e. The van der Waals surface area contributed by atoms with Gasteiger partial charge in [-0.25, -0.2) is 9.18 Å². The fraction of sp³-hybridized carbons (Fsp3) is 0.695. The van der Waals surface area contributed by atoms with Crippen molar-refractivity contribution >= 4 is 42.5 Å². The number of piperidine rings is 1. The summed E-state index contributed by atoms with van der Waals surface area (Å²) in [6.07, 6.45) is 0.121. The minimum atomic E-state index is -2.62. The number of cyclic esters (lactones) is 1. The first-order valence-corrected chi connectivity index (χ1v) is 30.3. The number of methoxy groups -OCH3 is 3. The van der Waals surface area contributed by atoms with Crippen molar-refractivity contribution in [3.63, 3.8) is 0 Å². The third-order valence-electron chi connectivity index (χ3n) is 17.3. The monoisotopic (exact) mass is 1070 g/mol. The molecule has 2 aromatic rings. The summed E-state index contributed by atoms with van der Waals surface area (Å²) in [5.41, 5.74) is 0.971. The van der Waals surface area contributed by atoms with Gasteiger partial charge in [-0.05, 0) is 148 Å². The number of hydrogen-bond acceptors (Lipinski definition) is 13. The van der Waals surface area contributed by atoms with Gasteiger partial charge in [0.15, 0.2) is 0 Å². The number of aliphatic hydroxyl groups excluding tert-OH is 1. The molecule has 3 aliphatic heterocycles. The number of Topliss-reactive ketones (excluding diaryl/α,β-unsaturated/α-hetero) is 2. The number of carbonyl (C=O) groups excluding carboxylic acids is 4. The highest BCUT2D eigenvalue weighted by atomic mass is 28.4. The molecule has 1 amide bonds. The van der Waals surface area contributed by atoms with Crippen molar-refractivity contribution in [1.82, 2.24) is 4.90 Å². The number of carbonyl (C=O) groups is 4. The van der Waals surface area contributed by atoms with Gasteiger partial charge < -0.3 is 48.0 Å². The van der Waals surface area contributed by atoms with Gasteiger partial charge in [-0.2, -0.15) is 0 Å². The number of benzene rings is 2. The van der Waals surface area contributed by atoms with Crippen LogP contribution in [0.2, 0.25) is 18.1 Å². The highest BCUT2D eigenvalue weighted by Crippen LogP contribution is 2.41. The number of alkyl halides is 1. The number of esters is 1. The normalized spacial score (nSPS) is 35.5. The Labute approximate surface area is 446 Å². The van der Waals surface area contributed by atoms with Crippen LogP contribution in [-0.2, 0) is 42.9 Å².